The number of aliphatic hydroxyl groups excluding tert-OH is 1. The molecule has 4 heteroatoms. The summed E-state index contributed by atoms with van der Waals surface area (Å²) < 4.78 is 10.1. The van der Waals surface area contributed by atoms with Crippen molar-refractivity contribution < 1.29 is 14.6 Å². The lowest BCUT2D eigenvalue weighted by atomic mass is 10.1. The maximum Gasteiger partial charge on any atom is 0.0897 e. The quantitative estimate of drug-likeness (QED) is 0.524. The van der Waals surface area contributed by atoms with E-state index in [1.165, 1.54) is 6.42 Å². The minimum Gasteiger partial charge on any atom is -0.389 e. The largest absolute Gasteiger partial charge is 0.389 e. The first kappa shape index (κ1) is 15.8. The molecule has 98 valence electrons. The molecule has 0 aromatic heterocycles. The van der Waals surface area contributed by atoms with Gasteiger partial charge in [0.15, 0.2) is 0 Å². The van der Waals surface area contributed by atoms with Gasteiger partial charge >= 0.3 is 0 Å². The molecular weight excluding hydrogens is 206 g/mol. The van der Waals surface area contributed by atoms with E-state index in [4.69, 9.17) is 9.47 Å². The lowest BCUT2D eigenvalue weighted by molar-refractivity contribution is 0.0138. The highest BCUT2D eigenvalue weighted by atomic mass is 16.5. The molecule has 0 aliphatic heterocycles. The van der Waals surface area contributed by atoms with Crippen molar-refractivity contribution in [2.45, 2.75) is 32.8 Å². The summed E-state index contributed by atoms with van der Waals surface area (Å²) in [6.45, 7) is 7.51. The third kappa shape index (κ3) is 11.9. The Morgan fingerprint density at radius 1 is 1.25 bits per heavy atom. The van der Waals surface area contributed by atoms with E-state index >= 15 is 0 Å². The molecule has 0 aliphatic rings. The first-order chi connectivity index (χ1) is 7.66. The fraction of sp³-hybridized carbons (Fsp3) is 1.00. The Balaban J connectivity index is 3.14. The molecule has 0 aromatic rings. The first-order valence-corrected chi connectivity index (χ1v) is 6.12. The summed E-state index contributed by atoms with van der Waals surface area (Å²) in [6.07, 6.45) is 1.97. The van der Waals surface area contributed by atoms with Crippen LogP contribution in [-0.4, -0.2) is 51.2 Å². The van der Waals surface area contributed by atoms with E-state index in [1.807, 2.05) is 0 Å². The van der Waals surface area contributed by atoms with Crippen molar-refractivity contribution in [3.63, 3.8) is 0 Å². The summed E-state index contributed by atoms with van der Waals surface area (Å²) in [6, 6.07) is 0. The zero-order valence-corrected chi connectivity index (χ0v) is 10.9. The van der Waals surface area contributed by atoms with Crippen LogP contribution in [0.2, 0.25) is 0 Å². The van der Waals surface area contributed by atoms with E-state index in [2.05, 4.69) is 19.2 Å². The van der Waals surface area contributed by atoms with Crippen molar-refractivity contribution in [3.05, 3.63) is 0 Å². The Kier molecular flexibility index (Phi) is 11.2. The van der Waals surface area contributed by atoms with Crippen LogP contribution in [-0.2, 0) is 9.47 Å². The van der Waals surface area contributed by atoms with Crippen molar-refractivity contribution >= 4 is 0 Å². The van der Waals surface area contributed by atoms with Crippen LogP contribution in [0, 0.1) is 5.92 Å². The van der Waals surface area contributed by atoms with Gasteiger partial charge in [0.2, 0.25) is 0 Å². The highest BCUT2D eigenvalue weighted by Crippen LogP contribution is 2.01. The third-order valence-corrected chi connectivity index (χ3v) is 2.26. The molecule has 0 bridgehead atoms. The third-order valence-electron chi connectivity index (χ3n) is 2.26. The standard InChI is InChI=1S/C12H27NO3/c1-11(2)5-4-6-13-9-12(14)10-16-8-7-15-3/h11-14H,4-10H2,1-3H3. The number of nitrogens with one attached hydrogen (secondary N) is 1. The Labute approximate surface area is 99.3 Å². The number of aliphatic hydroxyl groups is 1. The van der Waals surface area contributed by atoms with Gasteiger partial charge in [-0.25, -0.2) is 0 Å². The van der Waals surface area contributed by atoms with Crippen LogP contribution in [0.1, 0.15) is 26.7 Å². The van der Waals surface area contributed by atoms with Gasteiger partial charge in [-0.3, -0.25) is 0 Å². The van der Waals surface area contributed by atoms with Gasteiger partial charge in [-0.2, -0.15) is 0 Å². The summed E-state index contributed by atoms with van der Waals surface area (Å²) >= 11 is 0. The van der Waals surface area contributed by atoms with Gasteiger partial charge in [0.05, 0.1) is 25.9 Å². The summed E-state index contributed by atoms with van der Waals surface area (Å²) in [5, 5.41) is 12.7. The van der Waals surface area contributed by atoms with Crippen LogP contribution in [0.3, 0.4) is 0 Å². The molecule has 0 amide bonds. The molecule has 0 fully saturated rings. The van der Waals surface area contributed by atoms with Gasteiger partial charge < -0.3 is 19.9 Å². The maximum atomic E-state index is 9.53. The second-order valence-corrected chi connectivity index (χ2v) is 4.46. The predicted molar refractivity (Wildman–Crippen MR) is 65.6 cm³/mol. The molecule has 0 heterocycles. The highest BCUT2D eigenvalue weighted by molar-refractivity contribution is 4.59. The van der Waals surface area contributed by atoms with E-state index < -0.39 is 6.10 Å². The van der Waals surface area contributed by atoms with E-state index in [-0.39, 0.29) is 0 Å². The Morgan fingerprint density at radius 3 is 2.62 bits per heavy atom. The molecule has 0 saturated heterocycles. The molecule has 0 spiro atoms. The van der Waals surface area contributed by atoms with Gasteiger partial charge in [-0.1, -0.05) is 13.8 Å². The molecular formula is C12H27NO3. The van der Waals surface area contributed by atoms with Crippen molar-refractivity contribution in [1.82, 2.24) is 5.32 Å². The minimum absolute atomic E-state index is 0.376. The van der Waals surface area contributed by atoms with Crippen LogP contribution < -0.4 is 5.32 Å². The van der Waals surface area contributed by atoms with Crippen molar-refractivity contribution in [3.8, 4) is 0 Å². The van der Waals surface area contributed by atoms with Gasteiger partial charge in [-0.05, 0) is 25.3 Å². The molecule has 0 radical (unpaired) electrons. The SMILES string of the molecule is COCCOCC(O)CNCCCC(C)C. The molecule has 0 saturated carbocycles. The number of rotatable bonds is 11. The Morgan fingerprint density at radius 2 is 2.00 bits per heavy atom. The summed E-state index contributed by atoms with van der Waals surface area (Å²) in [4.78, 5) is 0. The van der Waals surface area contributed by atoms with Crippen molar-refractivity contribution in [2.24, 2.45) is 5.92 Å². The molecule has 2 N–H and O–H groups in total. The Hall–Kier alpha value is -0.160. The zero-order chi connectivity index (χ0) is 12.2. The number of ether oxygens (including phenoxy) is 2. The highest BCUT2D eigenvalue weighted by Gasteiger charge is 2.03. The average Bonchev–Trinajstić information content (AvgIpc) is 2.23. The first-order valence-electron chi connectivity index (χ1n) is 6.12. The lowest BCUT2D eigenvalue weighted by Gasteiger charge is -2.12. The maximum absolute atomic E-state index is 9.53. The predicted octanol–water partition coefficient (Wildman–Crippen LogP) is 1.04. The number of hydrogen-bond acceptors (Lipinski definition) is 4. The normalized spacial score (nSPS) is 13.3. The van der Waals surface area contributed by atoms with Crippen molar-refractivity contribution in [2.75, 3.05) is 40.0 Å². The van der Waals surface area contributed by atoms with Crippen molar-refractivity contribution in [1.29, 1.82) is 0 Å². The smallest absolute Gasteiger partial charge is 0.0897 e. The van der Waals surface area contributed by atoms with Crippen LogP contribution in [0.15, 0.2) is 0 Å². The zero-order valence-electron chi connectivity index (χ0n) is 10.9. The molecule has 0 rings (SSSR count). The molecule has 4 nitrogen and oxygen atoms in total. The molecule has 0 aliphatic carbocycles. The van der Waals surface area contributed by atoms with E-state index in [9.17, 15) is 5.11 Å². The summed E-state index contributed by atoms with van der Waals surface area (Å²) in [5.74, 6) is 0.754. The van der Waals surface area contributed by atoms with Crippen LogP contribution >= 0.6 is 0 Å². The number of methoxy groups -OCH3 is 1. The summed E-state index contributed by atoms with van der Waals surface area (Å²) in [7, 11) is 1.63. The average molecular weight is 233 g/mol. The monoisotopic (exact) mass is 233 g/mol. The van der Waals surface area contributed by atoms with E-state index in [0.717, 1.165) is 18.9 Å². The van der Waals surface area contributed by atoms with Gasteiger partial charge in [0.25, 0.3) is 0 Å². The Bertz CT molecular complexity index is 142. The van der Waals surface area contributed by atoms with Gasteiger partial charge in [0, 0.05) is 13.7 Å². The summed E-state index contributed by atoms with van der Waals surface area (Å²) in [5.41, 5.74) is 0. The fourth-order valence-corrected chi connectivity index (χ4v) is 1.32. The van der Waals surface area contributed by atoms with Crippen LogP contribution in [0.4, 0.5) is 0 Å². The topological polar surface area (TPSA) is 50.7 Å². The lowest BCUT2D eigenvalue weighted by Crippen LogP contribution is -2.31. The van der Waals surface area contributed by atoms with Gasteiger partial charge in [0.1, 0.15) is 0 Å². The fourth-order valence-electron chi connectivity index (χ4n) is 1.32. The molecule has 1 atom stereocenters. The van der Waals surface area contributed by atoms with Crippen LogP contribution in [0.5, 0.6) is 0 Å². The molecule has 1 unspecified atom stereocenters. The minimum atomic E-state index is -0.420. The second kappa shape index (κ2) is 11.3. The van der Waals surface area contributed by atoms with Gasteiger partial charge in [-0.15, -0.1) is 0 Å². The van der Waals surface area contributed by atoms with E-state index in [1.54, 1.807) is 7.11 Å². The molecule has 16 heavy (non-hydrogen) atoms. The van der Waals surface area contributed by atoms with E-state index in [0.29, 0.717) is 26.4 Å². The number of hydrogen-bond donors (Lipinski definition) is 2. The second-order valence-electron chi connectivity index (χ2n) is 4.46. The van der Waals surface area contributed by atoms with Crippen LogP contribution in [0.25, 0.3) is 0 Å². The molecule has 0 aromatic carbocycles.